The molecule has 0 saturated carbocycles. The summed E-state index contributed by atoms with van der Waals surface area (Å²) in [6.07, 6.45) is 5.42. The van der Waals surface area contributed by atoms with Gasteiger partial charge < -0.3 is 10.2 Å². The van der Waals surface area contributed by atoms with Crippen LogP contribution in [0.1, 0.15) is 31.2 Å². The quantitative estimate of drug-likeness (QED) is 0.759. The van der Waals surface area contributed by atoms with Crippen molar-refractivity contribution < 1.29 is 0 Å². The highest BCUT2D eigenvalue weighted by molar-refractivity contribution is 5.14. The molecule has 1 aliphatic heterocycles. The van der Waals surface area contributed by atoms with Crippen molar-refractivity contribution in [3.63, 3.8) is 0 Å². The lowest BCUT2D eigenvalue weighted by atomic mass is 10.1. The number of benzene rings is 1. The second kappa shape index (κ2) is 6.77. The average molecular weight is 232 g/mol. The van der Waals surface area contributed by atoms with Crippen molar-refractivity contribution in [1.29, 1.82) is 0 Å². The van der Waals surface area contributed by atoms with Gasteiger partial charge in [-0.25, -0.2) is 0 Å². The van der Waals surface area contributed by atoms with Crippen molar-refractivity contribution in [1.82, 2.24) is 10.2 Å². The van der Waals surface area contributed by atoms with E-state index in [0.29, 0.717) is 0 Å². The second-order valence-corrected chi connectivity index (χ2v) is 5.08. The highest BCUT2D eigenvalue weighted by Crippen LogP contribution is 2.18. The van der Waals surface area contributed by atoms with Gasteiger partial charge in [-0.05, 0) is 51.4 Å². The van der Waals surface area contributed by atoms with Crippen LogP contribution in [0.5, 0.6) is 0 Å². The zero-order chi connectivity index (χ0) is 11.9. The standard InChI is InChI=1S/C15H24N2/c1-17-12-6-10-15(17)9-5-11-16-13-14-7-3-2-4-8-14/h2-4,7-8,15-16H,5-6,9-13H2,1H3. The van der Waals surface area contributed by atoms with E-state index in [-0.39, 0.29) is 0 Å². The Bertz CT molecular complexity index is 310. The first-order chi connectivity index (χ1) is 8.36. The Morgan fingerprint density at radius 1 is 1.29 bits per heavy atom. The van der Waals surface area contributed by atoms with Crippen LogP contribution in [0.2, 0.25) is 0 Å². The summed E-state index contributed by atoms with van der Waals surface area (Å²) in [6.45, 7) is 3.43. The number of nitrogens with one attached hydrogen (secondary N) is 1. The maximum atomic E-state index is 3.52. The van der Waals surface area contributed by atoms with Gasteiger partial charge in [-0.1, -0.05) is 30.3 Å². The number of hydrogen-bond acceptors (Lipinski definition) is 2. The van der Waals surface area contributed by atoms with Crippen molar-refractivity contribution in [2.45, 2.75) is 38.3 Å². The van der Waals surface area contributed by atoms with Crippen molar-refractivity contribution in [2.24, 2.45) is 0 Å². The summed E-state index contributed by atoms with van der Waals surface area (Å²) in [5.41, 5.74) is 1.38. The molecule has 1 N–H and O–H groups in total. The molecule has 1 unspecified atom stereocenters. The summed E-state index contributed by atoms with van der Waals surface area (Å²) in [5, 5.41) is 3.52. The number of rotatable bonds is 6. The Balaban J connectivity index is 1.55. The van der Waals surface area contributed by atoms with Gasteiger partial charge in [0, 0.05) is 12.6 Å². The third kappa shape index (κ3) is 4.14. The van der Waals surface area contributed by atoms with Crippen LogP contribution >= 0.6 is 0 Å². The highest BCUT2D eigenvalue weighted by atomic mass is 15.1. The van der Waals surface area contributed by atoms with Crippen LogP contribution in [0, 0.1) is 0 Å². The van der Waals surface area contributed by atoms with E-state index >= 15 is 0 Å². The Labute approximate surface area is 105 Å². The van der Waals surface area contributed by atoms with Crippen molar-refractivity contribution in [3.8, 4) is 0 Å². The fourth-order valence-electron chi connectivity index (χ4n) is 2.64. The molecule has 17 heavy (non-hydrogen) atoms. The van der Waals surface area contributed by atoms with Crippen LogP contribution in [-0.4, -0.2) is 31.1 Å². The third-order valence-electron chi connectivity index (χ3n) is 3.73. The SMILES string of the molecule is CN1CCCC1CCCNCc1ccccc1. The predicted octanol–water partition coefficient (Wildman–Crippen LogP) is 2.65. The van der Waals surface area contributed by atoms with Gasteiger partial charge in [0.25, 0.3) is 0 Å². The Hall–Kier alpha value is -0.860. The molecular formula is C15H24N2. The fourth-order valence-corrected chi connectivity index (χ4v) is 2.64. The Kier molecular flexibility index (Phi) is 5.02. The summed E-state index contributed by atoms with van der Waals surface area (Å²) in [6, 6.07) is 11.5. The van der Waals surface area contributed by atoms with Crippen LogP contribution in [0.15, 0.2) is 30.3 Å². The van der Waals surface area contributed by atoms with Crippen LogP contribution < -0.4 is 5.32 Å². The summed E-state index contributed by atoms with van der Waals surface area (Å²) < 4.78 is 0. The topological polar surface area (TPSA) is 15.3 Å². The average Bonchev–Trinajstić information content (AvgIpc) is 2.76. The van der Waals surface area contributed by atoms with Crippen LogP contribution in [-0.2, 0) is 6.54 Å². The van der Waals surface area contributed by atoms with E-state index in [1.165, 1.54) is 37.8 Å². The monoisotopic (exact) mass is 232 g/mol. The molecule has 0 aromatic heterocycles. The minimum absolute atomic E-state index is 0.841. The van der Waals surface area contributed by atoms with Gasteiger partial charge in [0.2, 0.25) is 0 Å². The molecule has 1 saturated heterocycles. The van der Waals surface area contributed by atoms with E-state index in [9.17, 15) is 0 Å². The highest BCUT2D eigenvalue weighted by Gasteiger charge is 2.19. The molecule has 1 fully saturated rings. The second-order valence-electron chi connectivity index (χ2n) is 5.08. The Morgan fingerprint density at radius 2 is 2.12 bits per heavy atom. The molecule has 0 aliphatic carbocycles. The van der Waals surface area contributed by atoms with Crippen LogP contribution in [0.4, 0.5) is 0 Å². The molecule has 1 aliphatic rings. The first-order valence-electron chi connectivity index (χ1n) is 6.81. The molecule has 0 radical (unpaired) electrons. The van der Waals surface area contributed by atoms with Gasteiger partial charge >= 0.3 is 0 Å². The molecule has 0 amide bonds. The minimum Gasteiger partial charge on any atom is -0.313 e. The molecule has 1 heterocycles. The lowest BCUT2D eigenvalue weighted by molar-refractivity contribution is 0.291. The molecule has 94 valence electrons. The summed E-state index contributed by atoms with van der Waals surface area (Å²) >= 11 is 0. The molecule has 0 spiro atoms. The van der Waals surface area contributed by atoms with Gasteiger partial charge in [0.05, 0.1) is 0 Å². The van der Waals surface area contributed by atoms with E-state index in [2.05, 4.69) is 47.6 Å². The third-order valence-corrected chi connectivity index (χ3v) is 3.73. The van der Waals surface area contributed by atoms with E-state index < -0.39 is 0 Å². The largest absolute Gasteiger partial charge is 0.313 e. The summed E-state index contributed by atoms with van der Waals surface area (Å²) in [5.74, 6) is 0. The Morgan fingerprint density at radius 3 is 2.82 bits per heavy atom. The van der Waals surface area contributed by atoms with Gasteiger partial charge in [-0.15, -0.1) is 0 Å². The van der Waals surface area contributed by atoms with Gasteiger partial charge in [-0.2, -0.15) is 0 Å². The normalized spacial score (nSPS) is 20.9. The zero-order valence-corrected chi connectivity index (χ0v) is 10.9. The van der Waals surface area contributed by atoms with Gasteiger partial charge in [-0.3, -0.25) is 0 Å². The van der Waals surface area contributed by atoms with E-state index in [4.69, 9.17) is 0 Å². The first-order valence-corrected chi connectivity index (χ1v) is 6.81. The summed E-state index contributed by atoms with van der Waals surface area (Å²) in [4.78, 5) is 2.51. The fraction of sp³-hybridized carbons (Fsp3) is 0.600. The van der Waals surface area contributed by atoms with E-state index in [0.717, 1.165) is 19.1 Å². The molecule has 0 bridgehead atoms. The number of likely N-dealkylation sites (tertiary alicyclic amines) is 1. The molecule has 2 nitrogen and oxygen atoms in total. The van der Waals surface area contributed by atoms with E-state index in [1.54, 1.807) is 0 Å². The van der Waals surface area contributed by atoms with E-state index in [1.807, 2.05) is 0 Å². The molecule has 2 rings (SSSR count). The number of nitrogens with zero attached hydrogens (tertiary/aromatic N) is 1. The first kappa shape index (κ1) is 12.6. The maximum absolute atomic E-state index is 3.52. The maximum Gasteiger partial charge on any atom is 0.0205 e. The summed E-state index contributed by atoms with van der Waals surface area (Å²) in [7, 11) is 2.26. The van der Waals surface area contributed by atoms with Gasteiger partial charge in [0.1, 0.15) is 0 Å². The smallest absolute Gasteiger partial charge is 0.0205 e. The minimum atomic E-state index is 0.841. The lowest BCUT2D eigenvalue weighted by Crippen LogP contribution is -2.26. The van der Waals surface area contributed by atoms with Crippen LogP contribution in [0.25, 0.3) is 0 Å². The van der Waals surface area contributed by atoms with Crippen molar-refractivity contribution in [3.05, 3.63) is 35.9 Å². The number of hydrogen-bond donors (Lipinski definition) is 1. The zero-order valence-electron chi connectivity index (χ0n) is 10.9. The molecule has 2 heteroatoms. The molecular weight excluding hydrogens is 208 g/mol. The van der Waals surface area contributed by atoms with Crippen LogP contribution in [0.3, 0.4) is 0 Å². The van der Waals surface area contributed by atoms with Crippen molar-refractivity contribution in [2.75, 3.05) is 20.1 Å². The van der Waals surface area contributed by atoms with Gasteiger partial charge in [0.15, 0.2) is 0 Å². The van der Waals surface area contributed by atoms with Crippen molar-refractivity contribution >= 4 is 0 Å². The molecule has 1 aromatic carbocycles. The molecule has 1 aromatic rings. The lowest BCUT2D eigenvalue weighted by Gasteiger charge is -2.19. The predicted molar refractivity (Wildman–Crippen MR) is 73.0 cm³/mol. The molecule has 1 atom stereocenters.